The molecule has 2 rings (SSSR count). The number of fused-ring (bicyclic) bond motifs is 1. The Hall–Kier alpha value is -1.65. The third-order valence-corrected chi connectivity index (χ3v) is 1.23. The summed E-state index contributed by atoms with van der Waals surface area (Å²) in [7, 11) is 0. The fourth-order valence-electron chi connectivity index (χ4n) is 0.776. The lowest BCUT2D eigenvalue weighted by Crippen LogP contribution is -2.05. The van der Waals surface area contributed by atoms with Crippen LogP contribution in [0.25, 0.3) is 11.2 Å². The van der Waals surface area contributed by atoms with Gasteiger partial charge in [0, 0.05) is 0 Å². The van der Waals surface area contributed by atoms with Crippen molar-refractivity contribution in [3.8, 4) is 0 Å². The molecule has 2 N–H and O–H groups in total. The maximum atomic E-state index is 10.9. The van der Waals surface area contributed by atoms with Gasteiger partial charge in [0.15, 0.2) is 11.2 Å². The molecule has 0 spiro atoms. The van der Waals surface area contributed by atoms with Gasteiger partial charge in [-0.1, -0.05) is 0 Å². The highest BCUT2D eigenvalue weighted by molar-refractivity contribution is 5.67. The SMILES string of the molecule is O=[13c]1[nH][13cH]n[13c]2n[13cH][nH][13c]12. The van der Waals surface area contributed by atoms with Gasteiger partial charge in [-0.25, -0.2) is 9.97 Å². The van der Waals surface area contributed by atoms with E-state index in [1.165, 1.54) is 12.7 Å². The molecule has 0 fully saturated rings. The molecule has 2 aromatic heterocycles. The Kier molecular flexibility index (Phi) is 0.858. The fraction of sp³-hybridized carbons (Fsp3) is 0. The molecule has 0 unspecified atom stereocenters. The monoisotopic (exact) mass is 141 g/mol. The first-order valence-electron chi connectivity index (χ1n) is 2.75. The summed E-state index contributed by atoms with van der Waals surface area (Å²) in [6, 6.07) is 0. The number of hydrogen-bond acceptors (Lipinski definition) is 3. The zero-order valence-electron chi connectivity index (χ0n) is 4.96. The minimum Gasteiger partial charge on any atom is -0.339 e. The zero-order chi connectivity index (χ0) is 6.97. The summed E-state index contributed by atoms with van der Waals surface area (Å²) in [4.78, 5) is 23.6. The summed E-state index contributed by atoms with van der Waals surface area (Å²) in [5.74, 6) is 0. The maximum Gasteiger partial charge on any atom is 0.276 e. The Morgan fingerprint density at radius 1 is 1.20 bits per heavy atom. The van der Waals surface area contributed by atoms with Gasteiger partial charge in [-0.2, -0.15) is 0 Å². The number of hydrogen-bond donors (Lipinski definition) is 2. The van der Waals surface area contributed by atoms with Gasteiger partial charge in [0.1, 0.15) is 0 Å². The van der Waals surface area contributed by atoms with Crippen LogP contribution in [0.5, 0.6) is 0 Å². The largest absolute Gasteiger partial charge is 0.339 e. The number of nitrogens with one attached hydrogen (secondary N) is 2. The van der Waals surface area contributed by atoms with Crippen molar-refractivity contribution in [3.63, 3.8) is 0 Å². The summed E-state index contributed by atoms with van der Waals surface area (Å²) in [6.45, 7) is 0. The van der Waals surface area contributed by atoms with Crippen LogP contribution < -0.4 is 5.56 Å². The van der Waals surface area contributed by atoms with Crippen molar-refractivity contribution in [1.29, 1.82) is 0 Å². The molecule has 2 aromatic rings. The second-order valence-electron chi connectivity index (χ2n) is 1.83. The maximum absolute atomic E-state index is 10.9. The summed E-state index contributed by atoms with van der Waals surface area (Å²) >= 11 is 0. The average Bonchev–Trinajstić information content (AvgIpc) is 2.36. The van der Waals surface area contributed by atoms with Crippen molar-refractivity contribution in [2.24, 2.45) is 0 Å². The van der Waals surface area contributed by atoms with E-state index in [0.717, 1.165) is 0 Å². The average molecular weight is 141 g/mol. The van der Waals surface area contributed by atoms with Gasteiger partial charge in [0.2, 0.25) is 0 Å². The van der Waals surface area contributed by atoms with Crippen LogP contribution in [0.3, 0.4) is 0 Å². The van der Waals surface area contributed by atoms with E-state index in [0.29, 0.717) is 11.2 Å². The van der Waals surface area contributed by atoms with E-state index in [1.54, 1.807) is 0 Å². The van der Waals surface area contributed by atoms with Crippen molar-refractivity contribution in [3.05, 3.63) is 23.0 Å². The van der Waals surface area contributed by atoms with E-state index in [2.05, 4.69) is 19.9 Å². The molecule has 50 valence electrons. The summed E-state index contributed by atoms with van der Waals surface area (Å²) in [5, 5.41) is 0. The van der Waals surface area contributed by atoms with Gasteiger partial charge in [-0.3, -0.25) is 4.79 Å². The lowest BCUT2D eigenvalue weighted by atomic mass is 11.4. The van der Waals surface area contributed by atoms with Crippen LogP contribution in [-0.2, 0) is 0 Å². The van der Waals surface area contributed by atoms with Gasteiger partial charge in [0.05, 0.1) is 12.7 Å². The number of aromatic amines is 2. The predicted molar refractivity (Wildman–Crippen MR) is 34.5 cm³/mol. The summed E-state index contributed by atoms with van der Waals surface area (Å²) < 4.78 is 0. The smallest absolute Gasteiger partial charge is 0.276 e. The minimum atomic E-state index is -0.192. The van der Waals surface area contributed by atoms with Crippen molar-refractivity contribution in [2.75, 3.05) is 0 Å². The normalized spacial score (nSPS) is 10.4. The molecule has 0 bridgehead atoms. The molecular weight excluding hydrogens is 137 g/mol. The molecule has 0 amide bonds. The van der Waals surface area contributed by atoms with Crippen LogP contribution in [0.15, 0.2) is 17.4 Å². The molecule has 0 aliphatic carbocycles. The predicted octanol–water partition coefficient (Wildman–Crippen LogP) is -0.354. The lowest BCUT2D eigenvalue weighted by Gasteiger charge is -1.81. The molecule has 0 aliphatic rings. The lowest BCUT2D eigenvalue weighted by molar-refractivity contribution is 1.15. The Bertz CT molecular complexity index is 401. The molecular formula is C5H4N4O. The highest BCUT2D eigenvalue weighted by Gasteiger charge is 1.97. The van der Waals surface area contributed by atoms with E-state index in [4.69, 9.17) is 0 Å². The highest BCUT2D eigenvalue weighted by atomic mass is 16.2. The van der Waals surface area contributed by atoms with Crippen LogP contribution >= 0.6 is 0 Å². The molecule has 0 radical (unpaired) electrons. The van der Waals surface area contributed by atoms with Crippen molar-refractivity contribution >= 4 is 11.2 Å². The van der Waals surface area contributed by atoms with Crippen molar-refractivity contribution in [2.45, 2.75) is 0 Å². The topological polar surface area (TPSA) is 74.4 Å². The molecule has 0 saturated carbocycles. The molecule has 0 atom stereocenters. The third-order valence-electron chi connectivity index (χ3n) is 1.23. The first-order chi connectivity index (χ1) is 4.88. The summed E-state index contributed by atoms with van der Waals surface area (Å²) in [5.41, 5.74) is 0.675. The third kappa shape index (κ3) is 0.540. The molecule has 10 heavy (non-hydrogen) atoms. The number of H-pyrrole nitrogens is 2. The van der Waals surface area contributed by atoms with E-state index in [-0.39, 0.29) is 5.56 Å². The second kappa shape index (κ2) is 1.66. The van der Waals surface area contributed by atoms with Crippen LogP contribution in [0.2, 0.25) is 0 Å². The highest BCUT2D eigenvalue weighted by Crippen LogP contribution is 1.94. The molecule has 0 aromatic carbocycles. The van der Waals surface area contributed by atoms with Crippen molar-refractivity contribution in [1.82, 2.24) is 19.9 Å². The Morgan fingerprint density at radius 3 is 2.60 bits per heavy atom. The van der Waals surface area contributed by atoms with Gasteiger partial charge in [-0.15, -0.1) is 0 Å². The second-order valence-corrected chi connectivity index (χ2v) is 1.83. The van der Waals surface area contributed by atoms with Crippen LogP contribution in [0.4, 0.5) is 0 Å². The zero-order valence-corrected chi connectivity index (χ0v) is 4.96. The van der Waals surface area contributed by atoms with Crippen LogP contribution in [0.1, 0.15) is 0 Å². The van der Waals surface area contributed by atoms with E-state index < -0.39 is 0 Å². The minimum absolute atomic E-state index is 0.192. The first-order valence-corrected chi connectivity index (χ1v) is 2.75. The van der Waals surface area contributed by atoms with E-state index in [9.17, 15) is 4.79 Å². The van der Waals surface area contributed by atoms with Crippen LogP contribution in [-0.4, -0.2) is 19.9 Å². The fourth-order valence-corrected chi connectivity index (χ4v) is 0.776. The number of rotatable bonds is 0. The van der Waals surface area contributed by atoms with E-state index in [1.807, 2.05) is 0 Å². The van der Waals surface area contributed by atoms with Gasteiger partial charge in [-0.05, 0) is 0 Å². The molecule has 5 nitrogen and oxygen atoms in total. The molecule has 5 heteroatoms. The van der Waals surface area contributed by atoms with E-state index >= 15 is 0 Å². The Morgan fingerprint density at radius 2 is 1.90 bits per heavy atom. The number of imidazole rings is 1. The summed E-state index contributed by atoms with van der Waals surface area (Å²) in [6.07, 6.45) is 2.76. The Balaban J connectivity index is 3.09. The Labute approximate surface area is 55.1 Å². The van der Waals surface area contributed by atoms with Crippen molar-refractivity contribution < 1.29 is 0 Å². The number of aromatic nitrogens is 4. The standard InChI is InChI=1S/C5H4N4O/c10-5-3-4(7-1-6-3)8-2-9-5/h1-2H,(H2,6,7,8,9,10)/i1+1,2+1,3+1,4+1,5+1. The van der Waals surface area contributed by atoms with Gasteiger partial charge in [0.25, 0.3) is 5.56 Å². The number of nitrogens with zero attached hydrogens (tertiary/aromatic N) is 2. The molecule has 0 saturated heterocycles. The van der Waals surface area contributed by atoms with Gasteiger partial charge < -0.3 is 9.97 Å². The van der Waals surface area contributed by atoms with Crippen LogP contribution in [0, 0.1) is 0 Å². The first kappa shape index (κ1) is 5.16. The molecule has 0 aliphatic heterocycles. The quantitative estimate of drug-likeness (QED) is 0.526. The van der Waals surface area contributed by atoms with Gasteiger partial charge >= 0.3 is 0 Å². The molecule has 2 heterocycles.